The van der Waals surface area contributed by atoms with Crippen LogP contribution in [0.5, 0.6) is 0 Å². The molecule has 286 valence electrons. The molecule has 0 aliphatic heterocycles. The Morgan fingerprint density at radius 2 is 0.484 bits per heavy atom. The number of fused-ring (bicyclic) bond motifs is 20. The molecule has 62 heavy (non-hydrogen) atoms. The maximum absolute atomic E-state index is 6.25. The third-order valence-corrected chi connectivity index (χ3v) is 13.4. The first kappa shape index (κ1) is 33.6. The fraction of sp³-hybridized carbons (Fsp3) is 0. The molecule has 0 bridgehead atoms. The highest BCUT2D eigenvalue weighted by molar-refractivity contribution is 6.27. The molecule has 1 aliphatic carbocycles. The highest BCUT2D eigenvalue weighted by Crippen LogP contribution is 2.52. The van der Waals surface area contributed by atoms with Gasteiger partial charge in [-0.3, -0.25) is 0 Å². The smallest absolute Gasteiger partial charge is 0.135 e. The molecule has 1 aliphatic rings. The molecule has 0 spiro atoms. The third kappa shape index (κ3) is 4.80. The van der Waals surface area contributed by atoms with Crippen LogP contribution in [0, 0.1) is 0 Å². The molecule has 14 rings (SSSR count). The molecular formula is C60H34O2. The van der Waals surface area contributed by atoms with Gasteiger partial charge >= 0.3 is 0 Å². The summed E-state index contributed by atoms with van der Waals surface area (Å²) in [7, 11) is 0. The average Bonchev–Trinajstić information content (AvgIpc) is 3.91. The zero-order valence-corrected chi connectivity index (χ0v) is 33.4. The van der Waals surface area contributed by atoms with Crippen LogP contribution in [0.1, 0.15) is 0 Å². The van der Waals surface area contributed by atoms with Crippen LogP contribution in [0.2, 0.25) is 0 Å². The summed E-state index contributed by atoms with van der Waals surface area (Å²) in [6, 6.07) is 75.7. The Labute approximate surface area is 356 Å². The first-order valence-corrected chi connectivity index (χ1v) is 21.3. The molecular weight excluding hydrogens is 753 g/mol. The van der Waals surface area contributed by atoms with Crippen molar-refractivity contribution in [2.45, 2.75) is 0 Å². The van der Waals surface area contributed by atoms with E-state index < -0.39 is 0 Å². The van der Waals surface area contributed by atoms with E-state index >= 15 is 0 Å². The highest BCUT2D eigenvalue weighted by Gasteiger charge is 2.25. The Hall–Kier alpha value is -8.20. The van der Waals surface area contributed by atoms with Gasteiger partial charge in [0.15, 0.2) is 0 Å². The van der Waals surface area contributed by atoms with Gasteiger partial charge in [0.2, 0.25) is 0 Å². The van der Waals surface area contributed by atoms with Crippen LogP contribution in [0.25, 0.3) is 143 Å². The first-order chi connectivity index (χ1) is 30.7. The minimum atomic E-state index is 0.903. The lowest BCUT2D eigenvalue weighted by Gasteiger charge is -2.25. The van der Waals surface area contributed by atoms with E-state index in [1.165, 1.54) is 88.0 Å². The molecule has 0 fully saturated rings. The SMILES string of the molecule is c1ccc2c(c1)-c1ccc(-c3ccc4oc5ccccc5c4c3)cc1-c1cc3c4ccccc4c4ccccc4c3cc1-c1ccc(-c3ccc4oc5ccccc5c4c3)cc1-2. The Bertz CT molecular complexity index is 4050. The Kier molecular flexibility index (Phi) is 6.86. The van der Waals surface area contributed by atoms with Crippen molar-refractivity contribution in [3.63, 3.8) is 0 Å². The minimum absolute atomic E-state index is 0.903. The van der Waals surface area contributed by atoms with Gasteiger partial charge in [0.05, 0.1) is 0 Å². The summed E-state index contributed by atoms with van der Waals surface area (Å²) >= 11 is 0. The number of hydrogen-bond acceptors (Lipinski definition) is 2. The second kappa shape index (κ2) is 12.7. The van der Waals surface area contributed by atoms with Gasteiger partial charge in [-0.05, 0) is 160 Å². The molecule has 2 heteroatoms. The van der Waals surface area contributed by atoms with E-state index in [-0.39, 0.29) is 0 Å². The van der Waals surface area contributed by atoms with Crippen molar-refractivity contribution in [3.05, 3.63) is 206 Å². The molecule has 0 radical (unpaired) electrons. The molecule has 0 saturated heterocycles. The standard InChI is InChI=1S/C60H34O2/c1-5-15-43-39(11-1)40-12-2-6-16-44(40)52-34-54-50-30-36(38-24-28-60-56(32-38)48-18-8-10-20-58(48)62-60)21-25-45(50)41-13-3-4-14-42(41)49-29-35(22-26-46(49)53(54)33-51(43)52)37-23-27-59-55(31-37)47-17-7-9-19-57(47)61-59/h1-34H. The van der Waals surface area contributed by atoms with Crippen LogP contribution < -0.4 is 0 Å². The summed E-state index contributed by atoms with van der Waals surface area (Å²) in [4.78, 5) is 0. The van der Waals surface area contributed by atoms with Crippen molar-refractivity contribution in [2.75, 3.05) is 0 Å². The predicted molar refractivity (Wildman–Crippen MR) is 260 cm³/mol. The van der Waals surface area contributed by atoms with E-state index in [1.54, 1.807) is 0 Å². The number of benzene rings is 11. The van der Waals surface area contributed by atoms with Crippen LogP contribution in [0.3, 0.4) is 0 Å². The molecule has 13 aromatic rings. The Balaban J connectivity index is 1.07. The van der Waals surface area contributed by atoms with Crippen LogP contribution >= 0.6 is 0 Å². The number of furan rings is 2. The molecule has 0 amide bonds. The number of rotatable bonds is 2. The van der Waals surface area contributed by atoms with Crippen molar-refractivity contribution in [3.8, 4) is 66.8 Å². The van der Waals surface area contributed by atoms with E-state index in [4.69, 9.17) is 8.83 Å². The van der Waals surface area contributed by atoms with Gasteiger partial charge in [-0.1, -0.05) is 146 Å². The predicted octanol–water partition coefficient (Wildman–Crippen LogP) is 17.3. The fourth-order valence-electron chi connectivity index (χ4n) is 10.5. The Morgan fingerprint density at radius 1 is 0.177 bits per heavy atom. The number of para-hydroxylation sites is 2. The third-order valence-electron chi connectivity index (χ3n) is 13.4. The largest absolute Gasteiger partial charge is 0.456 e. The summed E-state index contributed by atoms with van der Waals surface area (Å²) in [6.45, 7) is 0. The molecule has 0 unspecified atom stereocenters. The monoisotopic (exact) mass is 786 g/mol. The maximum atomic E-state index is 6.25. The summed E-state index contributed by atoms with van der Waals surface area (Å²) in [5.74, 6) is 0. The van der Waals surface area contributed by atoms with E-state index in [9.17, 15) is 0 Å². The van der Waals surface area contributed by atoms with Gasteiger partial charge < -0.3 is 8.83 Å². The second-order valence-electron chi connectivity index (χ2n) is 16.7. The van der Waals surface area contributed by atoms with Crippen LogP contribution in [0.4, 0.5) is 0 Å². The lowest BCUT2D eigenvalue weighted by molar-refractivity contribution is 0.668. The molecule has 0 saturated carbocycles. The van der Waals surface area contributed by atoms with E-state index in [0.29, 0.717) is 0 Å². The van der Waals surface area contributed by atoms with E-state index in [1.807, 2.05) is 24.3 Å². The summed E-state index contributed by atoms with van der Waals surface area (Å²) < 4.78 is 12.5. The van der Waals surface area contributed by atoms with E-state index in [0.717, 1.165) is 55.0 Å². The molecule has 0 atom stereocenters. The van der Waals surface area contributed by atoms with Crippen molar-refractivity contribution in [2.24, 2.45) is 0 Å². The quantitative estimate of drug-likeness (QED) is 0.163. The first-order valence-electron chi connectivity index (χ1n) is 21.3. The zero-order chi connectivity index (χ0) is 40.5. The van der Waals surface area contributed by atoms with Gasteiger partial charge in [-0.25, -0.2) is 0 Å². The van der Waals surface area contributed by atoms with Crippen LogP contribution in [-0.4, -0.2) is 0 Å². The fourth-order valence-corrected chi connectivity index (χ4v) is 10.5. The molecule has 0 N–H and O–H groups in total. The molecule has 11 aromatic carbocycles. The van der Waals surface area contributed by atoms with Crippen molar-refractivity contribution >= 4 is 76.2 Å². The second-order valence-corrected chi connectivity index (χ2v) is 16.7. The van der Waals surface area contributed by atoms with Gasteiger partial charge in [-0.2, -0.15) is 0 Å². The van der Waals surface area contributed by atoms with Crippen LogP contribution in [-0.2, 0) is 0 Å². The lowest BCUT2D eigenvalue weighted by atomic mass is 9.78. The highest BCUT2D eigenvalue weighted by atomic mass is 16.3. The Morgan fingerprint density at radius 3 is 1.00 bits per heavy atom. The van der Waals surface area contributed by atoms with Crippen molar-refractivity contribution < 1.29 is 8.83 Å². The lowest BCUT2D eigenvalue weighted by Crippen LogP contribution is -1.99. The van der Waals surface area contributed by atoms with E-state index in [2.05, 4.69) is 182 Å². The normalized spacial score (nSPS) is 12.2. The summed E-state index contributed by atoms with van der Waals surface area (Å²) in [6.07, 6.45) is 0. The van der Waals surface area contributed by atoms with Gasteiger partial charge in [0.25, 0.3) is 0 Å². The summed E-state index contributed by atoms with van der Waals surface area (Å²) in [5, 5.41) is 12.1. The van der Waals surface area contributed by atoms with Crippen molar-refractivity contribution in [1.82, 2.24) is 0 Å². The van der Waals surface area contributed by atoms with Crippen molar-refractivity contribution in [1.29, 1.82) is 0 Å². The topological polar surface area (TPSA) is 26.3 Å². The van der Waals surface area contributed by atoms with Gasteiger partial charge in [0.1, 0.15) is 22.3 Å². The molecule has 2 heterocycles. The van der Waals surface area contributed by atoms with Gasteiger partial charge in [-0.15, -0.1) is 0 Å². The van der Waals surface area contributed by atoms with Gasteiger partial charge in [0, 0.05) is 21.5 Å². The summed E-state index contributed by atoms with van der Waals surface area (Å²) in [5.41, 5.74) is 18.0. The molecule has 2 nitrogen and oxygen atoms in total. The van der Waals surface area contributed by atoms with Crippen LogP contribution in [0.15, 0.2) is 215 Å². The zero-order valence-electron chi connectivity index (χ0n) is 33.4. The minimum Gasteiger partial charge on any atom is -0.456 e. The maximum Gasteiger partial charge on any atom is 0.135 e. The number of hydrogen-bond donors (Lipinski definition) is 0. The average molecular weight is 787 g/mol. The molecule has 2 aromatic heterocycles.